The smallest absolute Gasteiger partial charge is 0.383 e. The van der Waals surface area contributed by atoms with Gasteiger partial charge in [-0.2, -0.15) is 13.2 Å². The summed E-state index contributed by atoms with van der Waals surface area (Å²) >= 11 is 0. The number of carbonyl (C=O) groups excluding carboxylic acids is 2. The van der Waals surface area contributed by atoms with Gasteiger partial charge >= 0.3 is 6.18 Å². The van der Waals surface area contributed by atoms with E-state index in [1.807, 2.05) is 0 Å². The van der Waals surface area contributed by atoms with Gasteiger partial charge in [-0.15, -0.1) is 0 Å². The number of benzene rings is 1. The van der Waals surface area contributed by atoms with Crippen LogP contribution in [0.3, 0.4) is 0 Å². The molecular formula is C15H19F3N2O3. The van der Waals surface area contributed by atoms with Gasteiger partial charge in [0.1, 0.15) is 5.41 Å². The Kier molecular flexibility index (Phi) is 6.14. The van der Waals surface area contributed by atoms with Crippen molar-refractivity contribution in [2.45, 2.75) is 20.0 Å². The quantitative estimate of drug-likeness (QED) is 0.621. The van der Waals surface area contributed by atoms with Crippen molar-refractivity contribution < 1.29 is 27.5 Å². The van der Waals surface area contributed by atoms with E-state index in [1.54, 1.807) is 0 Å². The molecule has 0 saturated heterocycles. The third-order valence-electron chi connectivity index (χ3n) is 3.21. The van der Waals surface area contributed by atoms with Gasteiger partial charge in [0.15, 0.2) is 0 Å². The zero-order chi connectivity index (χ0) is 17.7. The maximum atomic E-state index is 12.9. The largest absolute Gasteiger partial charge is 0.418 e. The molecule has 0 spiro atoms. The van der Waals surface area contributed by atoms with Gasteiger partial charge < -0.3 is 15.4 Å². The van der Waals surface area contributed by atoms with Crippen LogP contribution in [0.5, 0.6) is 0 Å². The summed E-state index contributed by atoms with van der Waals surface area (Å²) in [5.41, 5.74) is -2.89. The van der Waals surface area contributed by atoms with E-state index in [0.717, 1.165) is 12.1 Å². The van der Waals surface area contributed by atoms with Gasteiger partial charge in [-0.1, -0.05) is 12.1 Å². The zero-order valence-corrected chi connectivity index (χ0v) is 13.1. The molecule has 0 aliphatic heterocycles. The van der Waals surface area contributed by atoms with E-state index in [2.05, 4.69) is 10.6 Å². The van der Waals surface area contributed by atoms with E-state index in [4.69, 9.17) is 4.74 Å². The van der Waals surface area contributed by atoms with Crippen LogP contribution in [0.4, 0.5) is 18.9 Å². The molecule has 1 aromatic rings. The fourth-order valence-corrected chi connectivity index (χ4v) is 1.71. The number of para-hydroxylation sites is 1. The monoisotopic (exact) mass is 332 g/mol. The van der Waals surface area contributed by atoms with Crippen LogP contribution < -0.4 is 10.6 Å². The van der Waals surface area contributed by atoms with Crippen LogP contribution in [0, 0.1) is 5.41 Å². The molecule has 128 valence electrons. The van der Waals surface area contributed by atoms with Crippen LogP contribution in [0.1, 0.15) is 19.4 Å². The SMILES string of the molecule is COCCNC(=O)C(C)(C)C(=O)Nc1ccccc1C(F)(F)F. The lowest BCUT2D eigenvalue weighted by Gasteiger charge is -2.23. The maximum absolute atomic E-state index is 12.9. The van der Waals surface area contributed by atoms with Gasteiger partial charge in [0.25, 0.3) is 0 Å². The normalized spacial score (nSPS) is 11.9. The Labute approximate surface area is 132 Å². The molecule has 0 radical (unpaired) electrons. The first-order valence-electron chi connectivity index (χ1n) is 6.85. The van der Waals surface area contributed by atoms with Gasteiger partial charge in [0, 0.05) is 13.7 Å². The van der Waals surface area contributed by atoms with E-state index in [0.29, 0.717) is 0 Å². The topological polar surface area (TPSA) is 67.4 Å². The molecule has 2 amide bonds. The molecule has 8 heteroatoms. The lowest BCUT2D eigenvalue weighted by molar-refractivity contribution is -0.138. The summed E-state index contributed by atoms with van der Waals surface area (Å²) in [7, 11) is 1.46. The Balaban J connectivity index is 2.89. The Morgan fingerprint density at radius 2 is 1.74 bits per heavy atom. The average Bonchev–Trinajstić information content (AvgIpc) is 2.46. The third-order valence-corrected chi connectivity index (χ3v) is 3.21. The lowest BCUT2D eigenvalue weighted by atomic mass is 9.90. The number of ether oxygens (including phenoxy) is 1. The number of amides is 2. The molecular weight excluding hydrogens is 313 g/mol. The number of carbonyl (C=O) groups is 2. The molecule has 0 saturated carbocycles. The minimum atomic E-state index is -4.60. The highest BCUT2D eigenvalue weighted by atomic mass is 19.4. The number of nitrogens with one attached hydrogen (secondary N) is 2. The van der Waals surface area contributed by atoms with Gasteiger partial charge in [-0.05, 0) is 26.0 Å². The summed E-state index contributed by atoms with van der Waals surface area (Å²) in [6.07, 6.45) is -4.60. The van der Waals surface area contributed by atoms with Crippen LogP contribution in [0.2, 0.25) is 0 Å². The summed E-state index contributed by atoms with van der Waals surface area (Å²) in [4.78, 5) is 24.2. The second-order valence-corrected chi connectivity index (χ2v) is 5.37. The van der Waals surface area contributed by atoms with Gasteiger partial charge in [-0.25, -0.2) is 0 Å². The Morgan fingerprint density at radius 3 is 2.30 bits per heavy atom. The molecule has 0 aliphatic rings. The predicted octanol–water partition coefficient (Wildman–Crippen LogP) is 2.43. The fraction of sp³-hybridized carbons (Fsp3) is 0.467. The molecule has 23 heavy (non-hydrogen) atoms. The molecule has 1 rings (SSSR count). The number of halogens is 3. The number of rotatable bonds is 6. The molecule has 1 aromatic carbocycles. The van der Waals surface area contributed by atoms with Crippen molar-refractivity contribution in [2.75, 3.05) is 25.6 Å². The molecule has 0 fully saturated rings. The molecule has 2 N–H and O–H groups in total. The number of alkyl halides is 3. The molecule has 0 aliphatic carbocycles. The summed E-state index contributed by atoms with van der Waals surface area (Å²) < 4.78 is 43.5. The maximum Gasteiger partial charge on any atom is 0.418 e. The van der Waals surface area contributed by atoms with Crippen molar-refractivity contribution in [2.24, 2.45) is 5.41 Å². The summed E-state index contributed by atoms with van der Waals surface area (Å²) in [5, 5.41) is 4.67. The van der Waals surface area contributed by atoms with E-state index in [1.165, 1.54) is 33.1 Å². The third kappa shape index (κ3) is 4.95. The van der Waals surface area contributed by atoms with Gasteiger partial charge in [0.2, 0.25) is 11.8 Å². The van der Waals surface area contributed by atoms with E-state index < -0.39 is 29.0 Å². The Morgan fingerprint density at radius 1 is 1.13 bits per heavy atom. The standard InChI is InChI=1S/C15H19F3N2O3/c1-14(2,12(21)19-8-9-23-3)13(22)20-11-7-5-4-6-10(11)15(16,17)18/h4-7H,8-9H2,1-3H3,(H,19,21)(H,20,22). The van der Waals surface area contributed by atoms with Crippen molar-refractivity contribution in [3.05, 3.63) is 29.8 Å². The average molecular weight is 332 g/mol. The van der Waals surface area contributed by atoms with Crippen molar-refractivity contribution in [1.29, 1.82) is 0 Å². The summed E-state index contributed by atoms with van der Waals surface area (Å²) in [5.74, 6) is -1.43. The second-order valence-electron chi connectivity index (χ2n) is 5.37. The van der Waals surface area contributed by atoms with E-state index in [9.17, 15) is 22.8 Å². The van der Waals surface area contributed by atoms with Crippen molar-refractivity contribution in [3.8, 4) is 0 Å². The van der Waals surface area contributed by atoms with Crippen molar-refractivity contribution >= 4 is 17.5 Å². The highest BCUT2D eigenvalue weighted by Gasteiger charge is 2.38. The summed E-state index contributed by atoms with van der Waals surface area (Å²) in [6, 6.07) is 4.60. The fourth-order valence-electron chi connectivity index (χ4n) is 1.71. The van der Waals surface area contributed by atoms with Crippen LogP contribution in [0.25, 0.3) is 0 Å². The number of hydrogen-bond donors (Lipinski definition) is 2. The Bertz CT molecular complexity index is 571. The second kappa shape index (κ2) is 7.45. The highest BCUT2D eigenvalue weighted by Crippen LogP contribution is 2.35. The first-order chi connectivity index (χ1) is 10.6. The first-order valence-corrected chi connectivity index (χ1v) is 6.85. The highest BCUT2D eigenvalue weighted by molar-refractivity contribution is 6.10. The molecule has 0 aromatic heterocycles. The lowest BCUT2D eigenvalue weighted by Crippen LogP contribution is -2.46. The minimum Gasteiger partial charge on any atom is -0.383 e. The van der Waals surface area contributed by atoms with Crippen molar-refractivity contribution in [3.63, 3.8) is 0 Å². The van der Waals surface area contributed by atoms with Crippen LogP contribution in [-0.2, 0) is 20.5 Å². The van der Waals surface area contributed by atoms with Crippen molar-refractivity contribution in [1.82, 2.24) is 5.32 Å². The molecule has 0 unspecified atom stereocenters. The summed E-state index contributed by atoms with van der Waals surface area (Å²) in [6.45, 7) is 3.13. The van der Waals surface area contributed by atoms with Gasteiger partial charge in [0.05, 0.1) is 17.9 Å². The predicted molar refractivity (Wildman–Crippen MR) is 78.7 cm³/mol. The molecule has 0 bridgehead atoms. The zero-order valence-electron chi connectivity index (χ0n) is 13.1. The first kappa shape index (κ1) is 19.0. The Hall–Kier alpha value is -2.09. The van der Waals surface area contributed by atoms with E-state index >= 15 is 0 Å². The van der Waals surface area contributed by atoms with E-state index in [-0.39, 0.29) is 18.8 Å². The van der Waals surface area contributed by atoms with Crippen LogP contribution >= 0.6 is 0 Å². The van der Waals surface area contributed by atoms with Crippen LogP contribution in [0.15, 0.2) is 24.3 Å². The molecule has 0 atom stereocenters. The minimum absolute atomic E-state index is 0.200. The van der Waals surface area contributed by atoms with Gasteiger partial charge in [-0.3, -0.25) is 9.59 Å². The molecule has 5 nitrogen and oxygen atoms in total. The number of hydrogen-bond acceptors (Lipinski definition) is 3. The number of methoxy groups -OCH3 is 1. The number of anilines is 1. The van der Waals surface area contributed by atoms with Crippen LogP contribution in [-0.4, -0.2) is 32.1 Å². The molecule has 0 heterocycles.